The normalized spacial score (nSPS) is 21.4. The van der Waals surface area contributed by atoms with Crippen LogP contribution in [-0.2, 0) is 4.79 Å². The van der Waals surface area contributed by atoms with Crippen molar-refractivity contribution in [3.8, 4) is 5.75 Å². The molecule has 150 valence electrons. The van der Waals surface area contributed by atoms with Crippen molar-refractivity contribution in [1.82, 2.24) is 10.2 Å². The first kappa shape index (κ1) is 19.7. The number of carbonyl (C=O) groups excluding carboxylic acids is 1. The minimum Gasteiger partial charge on any atom is -0.433 e. The smallest absolute Gasteiger partial charge is 0.401 e. The van der Waals surface area contributed by atoms with Crippen LogP contribution in [0.1, 0.15) is 6.42 Å². The molecule has 10 heteroatoms. The van der Waals surface area contributed by atoms with Crippen LogP contribution in [0.25, 0.3) is 0 Å². The fourth-order valence-corrected chi connectivity index (χ4v) is 3.45. The Morgan fingerprint density at radius 1 is 1.22 bits per heavy atom. The summed E-state index contributed by atoms with van der Waals surface area (Å²) in [6.07, 6.45) is -3.64. The maximum Gasteiger partial charge on any atom is 0.401 e. The van der Waals surface area contributed by atoms with Crippen molar-refractivity contribution < 1.29 is 31.5 Å². The fraction of sp³-hybridized carbons (Fsp3) is 0.588. The second-order valence-corrected chi connectivity index (χ2v) is 6.79. The summed E-state index contributed by atoms with van der Waals surface area (Å²) in [6, 6.07) is 6.25. The van der Waals surface area contributed by atoms with Crippen LogP contribution in [0.3, 0.4) is 0 Å². The van der Waals surface area contributed by atoms with Crippen LogP contribution in [0.5, 0.6) is 5.75 Å². The molecule has 3 rings (SSSR count). The van der Waals surface area contributed by atoms with Gasteiger partial charge in [-0.1, -0.05) is 12.1 Å². The highest BCUT2D eigenvalue weighted by atomic mass is 19.4. The number of carbonyl (C=O) groups is 1. The van der Waals surface area contributed by atoms with Gasteiger partial charge in [0.1, 0.15) is 5.75 Å². The minimum atomic E-state index is -4.26. The molecule has 5 nitrogen and oxygen atoms in total. The molecule has 2 heterocycles. The molecular weight excluding hydrogens is 373 g/mol. The number of para-hydroxylation sites is 2. The van der Waals surface area contributed by atoms with E-state index in [2.05, 4.69) is 10.1 Å². The predicted octanol–water partition coefficient (Wildman–Crippen LogP) is 2.48. The number of ether oxygens (including phenoxy) is 1. The summed E-state index contributed by atoms with van der Waals surface area (Å²) >= 11 is 0. The summed E-state index contributed by atoms with van der Waals surface area (Å²) in [5.74, 6) is -0.644. The molecule has 27 heavy (non-hydrogen) atoms. The van der Waals surface area contributed by atoms with Gasteiger partial charge in [0.25, 0.3) is 0 Å². The van der Waals surface area contributed by atoms with E-state index in [4.69, 9.17) is 0 Å². The first-order valence-corrected chi connectivity index (χ1v) is 8.59. The lowest BCUT2D eigenvalue weighted by atomic mass is 9.98. The first-order chi connectivity index (χ1) is 12.7. The number of alkyl halides is 5. The highest BCUT2D eigenvalue weighted by molar-refractivity contribution is 5.80. The van der Waals surface area contributed by atoms with Gasteiger partial charge < -0.3 is 15.0 Å². The van der Waals surface area contributed by atoms with Gasteiger partial charge >= 0.3 is 12.8 Å². The number of hydrogen-bond acceptors (Lipinski definition) is 4. The van der Waals surface area contributed by atoms with Crippen molar-refractivity contribution in [3.63, 3.8) is 0 Å². The summed E-state index contributed by atoms with van der Waals surface area (Å²) in [7, 11) is 0. The number of nitrogens with one attached hydrogen (secondary N) is 1. The van der Waals surface area contributed by atoms with Crippen LogP contribution in [0.15, 0.2) is 24.3 Å². The molecule has 0 unspecified atom stereocenters. The highest BCUT2D eigenvalue weighted by Gasteiger charge is 2.40. The van der Waals surface area contributed by atoms with Crippen molar-refractivity contribution in [2.75, 3.05) is 37.6 Å². The molecule has 2 aliphatic rings. The summed E-state index contributed by atoms with van der Waals surface area (Å²) in [6.45, 7) is -2.77. The third kappa shape index (κ3) is 5.21. The Morgan fingerprint density at radius 3 is 2.59 bits per heavy atom. The van der Waals surface area contributed by atoms with Gasteiger partial charge in [-0.15, -0.1) is 0 Å². The first-order valence-electron chi connectivity index (χ1n) is 8.59. The Hall–Kier alpha value is -2.10. The lowest BCUT2D eigenvalue weighted by molar-refractivity contribution is -0.163. The quantitative estimate of drug-likeness (QED) is 0.755. The molecule has 2 saturated heterocycles. The van der Waals surface area contributed by atoms with E-state index in [0.29, 0.717) is 25.2 Å². The number of rotatable bonds is 6. The van der Waals surface area contributed by atoms with Gasteiger partial charge in [0.15, 0.2) is 0 Å². The standard InChI is InChI=1S/C17H20F5N3O2/c18-16(19)27-14-4-2-1-3-13(14)25-6-5-12(9-25)23-15(26)11-7-24(8-11)10-17(20,21)22/h1-4,11-12,16H,5-10H2,(H,23,26)/t12-/m1/s1. The number of likely N-dealkylation sites (tertiary alicyclic amines) is 1. The zero-order valence-electron chi connectivity index (χ0n) is 14.4. The van der Waals surface area contributed by atoms with Crippen LogP contribution in [0, 0.1) is 5.92 Å². The van der Waals surface area contributed by atoms with Gasteiger partial charge in [-0.2, -0.15) is 22.0 Å². The molecule has 1 N–H and O–H groups in total. The topological polar surface area (TPSA) is 44.8 Å². The number of benzene rings is 1. The molecule has 0 radical (unpaired) electrons. The zero-order valence-corrected chi connectivity index (χ0v) is 14.4. The van der Waals surface area contributed by atoms with Gasteiger partial charge in [-0.05, 0) is 18.6 Å². The second kappa shape index (κ2) is 7.87. The van der Waals surface area contributed by atoms with E-state index >= 15 is 0 Å². The van der Waals surface area contributed by atoms with Gasteiger partial charge in [-0.3, -0.25) is 9.69 Å². The van der Waals surface area contributed by atoms with Crippen molar-refractivity contribution in [1.29, 1.82) is 0 Å². The Balaban J connectivity index is 1.49. The van der Waals surface area contributed by atoms with Crippen LogP contribution < -0.4 is 15.0 Å². The Labute approximate surface area is 153 Å². The predicted molar refractivity (Wildman–Crippen MR) is 87.8 cm³/mol. The van der Waals surface area contributed by atoms with Crippen LogP contribution >= 0.6 is 0 Å². The molecule has 1 aromatic rings. The Bertz CT molecular complexity index is 664. The highest BCUT2D eigenvalue weighted by Crippen LogP contribution is 2.32. The molecule has 0 bridgehead atoms. The van der Waals surface area contributed by atoms with E-state index in [1.165, 1.54) is 11.0 Å². The number of amides is 1. The van der Waals surface area contributed by atoms with Crippen molar-refractivity contribution in [2.45, 2.75) is 25.3 Å². The van der Waals surface area contributed by atoms with E-state index in [9.17, 15) is 26.7 Å². The third-order valence-electron chi connectivity index (χ3n) is 4.69. The molecular formula is C17H20F5N3O2. The summed E-state index contributed by atoms with van der Waals surface area (Å²) in [5.41, 5.74) is 0.523. The van der Waals surface area contributed by atoms with Crippen molar-refractivity contribution in [3.05, 3.63) is 24.3 Å². The third-order valence-corrected chi connectivity index (χ3v) is 4.69. The van der Waals surface area contributed by atoms with Gasteiger partial charge in [0, 0.05) is 32.2 Å². The van der Waals surface area contributed by atoms with Gasteiger partial charge in [0.2, 0.25) is 5.91 Å². The van der Waals surface area contributed by atoms with E-state index in [0.717, 1.165) is 0 Å². The monoisotopic (exact) mass is 393 g/mol. The van der Waals surface area contributed by atoms with Crippen LogP contribution in [0.2, 0.25) is 0 Å². The molecule has 1 atom stereocenters. The van der Waals surface area contributed by atoms with Crippen molar-refractivity contribution >= 4 is 11.6 Å². The average molecular weight is 393 g/mol. The van der Waals surface area contributed by atoms with E-state index < -0.39 is 25.3 Å². The average Bonchev–Trinajstić information content (AvgIpc) is 2.97. The van der Waals surface area contributed by atoms with E-state index in [1.54, 1.807) is 18.2 Å². The fourth-order valence-electron chi connectivity index (χ4n) is 3.45. The van der Waals surface area contributed by atoms with Gasteiger partial charge in [0.05, 0.1) is 18.2 Å². The molecule has 0 aliphatic carbocycles. The van der Waals surface area contributed by atoms with E-state index in [-0.39, 0.29) is 30.8 Å². The maximum absolute atomic E-state index is 12.5. The number of nitrogens with zero attached hydrogens (tertiary/aromatic N) is 2. The maximum atomic E-state index is 12.5. The molecule has 0 saturated carbocycles. The Morgan fingerprint density at radius 2 is 1.93 bits per heavy atom. The van der Waals surface area contributed by atoms with Crippen molar-refractivity contribution in [2.24, 2.45) is 5.92 Å². The van der Waals surface area contributed by atoms with Gasteiger partial charge in [-0.25, -0.2) is 0 Å². The zero-order chi connectivity index (χ0) is 19.6. The minimum absolute atomic E-state index is 0.0706. The molecule has 0 aromatic heterocycles. The largest absolute Gasteiger partial charge is 0.433 e. The molecule has 1 aromatic carbocycles. The summed E-state index contributed by atoms with van der Waals surface area (Å²) < 4.78 is 66.5. The molecule has 2 aliphatic heterocycles. The molecule has 2 fully saturated rings. The Kier molecular flexibility index (Phi) is 5.73. The summed E-state index contributed by atoms with van der Waals surface area (Å²) in [4.78, 5) is 15.2. The number of hydrogen-bond donors (Lipinski definition) is 1. The second-order valence-electron chi connectivity index (χ2n) is 6.79. The summed E-state index contributed by atoms with van der Waals surface area (Å²) in [5, 5.41) is 2.85. The lowest BCUT2D eigenvalue weighted by Crippen LogP contribution is -2.57. The van der Waals surface area contributed by atoms with Crippen LogP contribution in [-0.4, -0.2) is 62.4 Å². The van der Waals surface area contributed by atoms with Crippen LogP contribution in [0.4, 0.5) is 27.6 Å². The SMILES string of the molecule is O=C(N[C@@H]1CCN(c2ccccc2OC(F)F)C1)C1CN(CC(F)(F)F)C1. The van der Waals surface area contributed by atoms with E-state index in [1.807, 2.05) is 4.90 Å². The lowest BCUT2D eigenvalue weighted by Gasteiger charge is -2.38. The number of halogens is 5. The molecule has 1 amide bonds. The number of anilines is 1. The molecule has 0 spiro atoms.